The first kappa shape index (κ1) is 25.4. The van der Waals surface area contributed by atoms with Crippen LogP contribution in [0, 0.1) is 5.41 Å². The minimum Gasteiger partial charge on any atom is -0.491 e. The van der Waals surface area contributed by atoms with E-state index in [1.807, 2.05) is 72.5 Å². The highest BCUT2D eigenvalue weighted by Crippen LogP contribution is 2.23. The van der Waals surface area contributed by atoms with E-state index in [4.69, 9.17) is 14.9 Å². The Morgan fingerprint density at radius 2 is 2.05 bits per heavy atom. The van der Waals surface area contributed by atoms with E-state index in [0.29, 0.717) is 13.2 Å². The lowest BCUT2D eigenvalue weighted by Crippen LogP contribution is -2.42. The first-order valence-corrected chi connectivity index (χ1v) is 12.6. The Morgan fingerprint density at radius 1 is 1.18 bits per heavy atom. The van der Waals surface area contributed by atoms with Gasteiger partial charge in [-0.2, -0.15) is 0 Å². The lowest BCUT2D eigenvalue weighted by Gasteiger charge is -2.29. The van der Waals surface area contributed by atoms with Crippen LogP contribution in [0.15, 0.2) is 67.4 Å². The first-order chi connectivity index (χ1) is 18.6. The third kappa shape index (κ3) is 5.99. The quantitative estimate of drug-likeness (QED) is 0.278. The zero-order chi connectivity index (χ0) is 26.3. The van der Waals surface area contributed by atoms with Crippen molar-refractivity contribution in [2.75, 3.05) is 45.7 Å². The maximum Gasteiger partial charge on any atom is 0.140 e. The summed E-state index contributed by atoms with van der Waals surface area (Å²) in [6.45, 7) is 3.67. The van der Waals surface area contributed by atoms with Crippen molar-refractivity contribution in [1.29, 1.82) is 5.41 Å². The summed E-state index contributed by atoms with van der Waals surface area (Å²) < 4.78 is 13.8. The fraction of sp³-hybridized carbons (Fsp3) is 0.286. The highest BCUT2D eigenvalue weighted by molar-refractivity contribution is 6.08. The molecule has 0 unspecified atom stereocenters. The number of fused-ring (bicyclic) bond motifs is 1. The molecule has 1 aliphatic rings. The number of nitrogens with zero attached hydrogens (tertiary/aromatic N) is 5. The van der Waals surface area contributed by atoms with Crippen LogP contribution in [0.1, 0.15) is 11.1 Å². The Hall–Kier alpha value is -4.28. The summed E-state index contributed by atoms with van der Waals surface area (Å²) >= 11 is 0. The smallest absolute Gasteiger partial charge is 0.140 e. The SMILES string of the molecule is CN/C=C(\C=N)c1ccc(CNc2cc(-c3cnc4cc(OC[C@H]5CN(C)CCO5)ccn34)ncn2)cc1. The van der Waals surface area contributed by atoms with Crippen molar-refractivity contribution >= 4 is 23.3 Å². The molecule has 0 bridgehead atoms. The zero-order valence-electron chi connectivity index (χ0n) is 21.6. The predicted molar refractivity (Wildman–Crippen MR) is 149 cm³/mol. The molecule has 1 fully saturated rings. The monoisotopic (exact) mass is 512 g/mol. The van der Waals surface area contributed by atoms with Gasteiger partial charge in [-0.25, -0.2) is 15.0 Å². The maximum absolute atomic E-state index is 7.57. The predicted octanol–water partition coefficient (Wildman–Crippen LogP) is 3.32. The van der Waals surface area contributed by atoms with Gasteiger partial charge in [0.15, 0.2) is 0 Å². The largest absolute Gasteiger partial charge is 0.491 e. The number of pyridine rings is 1. The summed E-state index contributed by atoms with van der Waals surface area (Å²) in [5.74, 6) is 1.48. The van der Waals surface area contributed by atoms with Gasteiger partial charge >= 0.3 is 0 Å². The van der Waals surface area contributed by atoms with Gasteiger partial charge in [-0.15, -0.1) is 0 Å². The molecule has 4 aromatic rings. The molecule has 3 N–H and O–H groups in total. The molecule has 196 valence electrons. The summed E-state index contributed by atoms with van der Waals surface area (Å²) in [5.41, 5.74) is 5.34. The van der Waals surface area contributed by atoms with Crippen LogP contribution in [0.2, 0.25) is 0 Å². The van der Waals surface area contributed by atoms with E-state index in [1.54, 1.807) is 6.33 Å². The second-order valence-corrected chi connectivity index (χ2v) is 9.17. The molecule has 0 amide bonds. The van der Waals surface area contributed by atoms with E-state index >= 15 is 0 Å². The van der Waals surface area contributed by atoms with Crippen LogP contribution in [0.5, 0.6) is 5.75 Å². The number of anilines is 1. The van der Waals surface area contributed by atoms with Crippen molar-refractivity contribution in [3.63, 3.8) is 0 Å². The molecule has 1 aromatic carbocycles. The maximum atomic E-state index is 7.57. The number of hydrogen-bond acceptors (Lipinski definition) is 9. The van der Waals surface area contributed by atoms with Gasteiger partial charge in [0.1, 0.15) is 36.3 Å². The molecule has 10 nitrogen and oxygen atoms in total. The molecule has 0 radical (unpaired) electrons. The molecule has 3 aromatic heterocycles. The van der Waals surface area contributed by atoms with Gasteiger partial charge in [0.05, 0.1) is 24.2 Å². The normalized spacial score (nSPS) is 16.4. The second kappa shape index (κ2) is 11.8. The van der Waals surface area contributed by atoms with E-state index in [0.717, 1.165) is 65.0 Å². The number of benzene rings is 1. The first-order valence-electron chi connectivity index (χ1n) is 12.6. The Labute approximate surface area is 221 Å². The van der Waals surface area contributed by atoms with Crippen molar-refractivity contribution in [2.45, 2.75) is 12.6 Å². The fourth-order valence-electron chi connectivity index (χ4n) is 4.36. The minimum atomic E-state index is 0.0690. The number of hydrogen-bond donors (Lipinski definition) is 3. The van der Waals surface area contributed by atoms with E-state index in [9.17, 15) is 0 Å². The topological polar surface area (TPSA) is 113 Å². The van der Waals surface area contributed by atoms with Gasteiger partial charge in [0.25, 0.3) is 0 Å². The Balaban J connectivity index is 1.24. The molecule has 1 aliphatic heterocycles. The number of ether oxygens (including phenoxy) is 2. The lowest BCUT2D eigenvalue weighted by molar-refractivity contribution is -0.0403. The van der Waals surface area contributed by atoms with Crippen LogP contribution < -0.4 is 15.4 Å². The third-order valence-corrected chi connectivity index (χ3v) is 6.41. The Bertz CT molecular complexity index is 1420. The van der Waals surface area contributed by atoms with Crippen LogP contribution in [0.25, 0.3) is 22.6 Å². The number of allylic oxidation sites excluding steroid dienone is 1. The van der Waals surface area contributed by atoms with E-state index in [1.165, 1.54) is 6.21 Å². The zero-order valence-corrected chi connectivity index (χ0v) is 21.6. The van der Waals surface area contributed by atoms with Gasteiger partial charge in [0, 0.05) is 63.0 Å². The lowest BCUT2D eigenvalue weighted by atomic mass is 10.1. The molecule has 0 spiro atoms. The van der Waals surface area contributed by atoms with Gasteiger partial charge in [-0.3, -0.25) is 4.40 Å². The molecular formula is C28H32N8O2. The number of aromatic nitrogens is 4. The van der Waals surface area contributed by atoms with Crippen LogP contribution in [-0.2, 0) is 11.3 Å². The highest BCUT2D eigenvalue weighted by Gasteiger charge is 2.18. The number of morpholine rings is 1. The van der Waals surface area contributed by atoms with Crippen molar-refractivity contribution in [3.05, 3.63) is 78.5 Å². The molecule has 5 rings (SSSR count). The van der Waals surface area contributed by atoms with Crippen molar-refractivity contribution in [3.8, 4) is 17.1 Å². The van der Waals surface area contributed by atoms with E-state index in [2.05, 4.69) is 37.5 Å². The summed E-state index contributed by atoms with van der Waals surface area (Å²) in [4.78, 5) is 15.7. The standard InChI is InChI=1S/C28H32N8O2/c1-30-15-22(13-29)21-5-3-20(4-6-21)14-31-27-12-25(33-19-34-27)26-16-32-28-11-23(7-8-36(26)28)38-18-24-17-35(2)9-10-37-24/h3-8,11-13,15-16,19,24,29-30H,9-10,14,17-18H2,1-2H3,(H,31,33,34)/b22-15+,29-13?/t24-/m1/s1. The van der Waals surface area contributed by atoms with E-state index in [-0.39, 0.29) is 6.10 Å². The molecule has 1 atom stereocenters. The van der Waals surface area contributed by atoms with Crippen molar-refractivity contribution in [2.24, 2.45) is 0 Å². The second-order valence-electron chi connectivity index (χ2n) is 9.17. The van der Waals surface area contributed by atoms with Crippen LogP contribution >= 0.6 is 0 Å². The average Bonchev–Trinajstić information content (AvgIpc) is 3.38. The summed E-state index contributed by atoms with van der Waals surface area (Å²) in [6.07, 6.45) is 8.52. The van der Waals surface area contributed by atoms with Crippen molar-refractivity contribution in [1.82, 2.24) is 29.6 Å². The van der Waals surface area contributed by atoms with Crippen molar-refractivity contribution < 1.29 is 9.47 Å². The Morgan fingerprint density at radius 3 is 2.84 bits per heavy atom. The molecule has 10 heteroatoms. The average molecular weight is 513 g/mol. The molecule has 0 saturated carbocycles. The molecule has 4 heterocycles. The number of rotatable bonds is 10. The summed E-state index contributed by atoms with van der Waals surface area (Å²) in [5, 5.41) is 13.9. The number of likely N-dealkylation sites (N-methyl/N-ethyl adjacent to an activating group) is 1. The van der Waals surface area contributed by atoms with Crippen LogP contribution in [0.4, 0.5) is 5.82 Å². The number of imidazole rings is 1. The van der Waals surface area contributed by atoms with Gasteiger partial charge in [0.2, 0.25) is 0 Å². The van der Waals surface area contributed by atoms with Gasteiger partial charge < -0.3 is 30.4 Å². The fourth-order valence-corrected chi connectivity index (χ4v) is 4.36. The summed E-state index contributed by atoms with van der Waals surface area (Å²) in [6, 6.07) is 13.9. The molecule has 0 aliphatic carbocycles. The third-order valence-electron chi connectivity index (χ3n) is 6.41. The Kier molecular flexibility index (Phi) is 7.91. The highest BCUT2D eigenvalue weighted by atomic mass is 16.5. The molecule has 38 heavy (non-hydrogen) atoms. The minimum absolute atomic E-state index is 0.0690. The van der Waals surface area contributed by atoms with Gasteiger partial charge in [-0.05, 0) is 24.2 Å². The molecular weight excluding hydrogens is 480 g/mol. The van der Waals surface area contributed by atoms with Gasteiger partial charge in [-0.1, -0.05) is 24.3 Å². The van der Waals surface area contributed by atoms with Crippen LogP contribution in [0.3, 0.4) is 0 Å². The van der Waals surface area contributed by atoms with Crippen LogP contribution in [-0.4, -0.2) is 77.0 Å². The molecule has 1 saturated heterocycles. The number of nitrogens with one attached hydrogen (secondary N) is 3. The van der Waals surface area contributed by atoms with E-state index < -0.39 is 0 Å². The summed E-state index contributed by atoms with van der Waals surface area (Å²) in [7, 11) is 3.92.